The molecular formula is C14H10ClFN2OS. The van der Waals surface area contributed by atoms with Gasteiger partial charge < -0.3 is 10.4 Å². The summed E-state index contributed by atoms with van der Waals surface area (Å²) in [5.41, 5.74) is 3.67. The first kappa shape index (κ1) is 13.1. The molecule has 2 N–H and O–H groups in total. The number of fused-ring (bicyclic) bond motifs is 1. The van der Waals surface area contributed by atoms with Gasteiger partial charge in [-0.15, -0.1) is 11.3 Å². The lowest BCUT2D eigenvalue weighted by Gasteiger charge is -2.10. The Balaban J connectivity index is 1.92. The lowest BCUT2D eigenvalue weighted by molar-refractivity contribution is 0.466. The van der Waals surface area contributed by atoms with Crippen molar-refractivity contribution >= 4 is 38.8 Å². The quantitative estimate of drug-likeness (QED) is 0.753. The second-order valence-electron chi connectivity index (χ2n) is 4.25. The van der Waals surface area contributed by atoms with Crippen molar-refractivity contribution in [2.24, 2.45) is 0 Å². The van der Waals surface area contributed by atoms with Gasteiger partial charge in [-0.3, -0.25) is 0 Å². The van der Waals surface area contributed by atoms with Crippen LogP contribution in [0.4, 0.5) is 10.1 Å². The summed E-state index contributed by atoms with van der Waals surface area (Å²) >= 11 is 7.68. The number of aromatic hydroxyl groups is 1. The van der Waals surface area contributed by atoms with Crippen molar-refractivity contribution in [3.8, 4) is 5.75 Å². The molecule has 2 aromatic carbocycles. The Morgan fingerprint density at radius 2 is 2.15 bits per heavy atom. The second-order valence-corrected chi connectivity index (χ2v) is 5.54. The summed E-state index contributed by atoms with van der Waals surface area (Å²) in [6, 6.07) is 7.53. The Hall–Kier alpha value is -1.85. The van der Waals surface area contributed by atoms with Crippen LogP contribution in [0.3, 0.4) is 0 Å². The van der Waals surface area contributed by atoms with Gasteiger partial charge in [0.25, 0.3) is 0 Å². The molecule has 0 atom stereocenters. The van der Waals surface area contributed by atoms with Gasteiger partial charge >= 0.3 is 0 Å². The van der Waals surface area contributed by atoms with Crippen LogP contribution in [0, 0.1) is 5.82 Å². The van der Waals surface area contributed by atoms with Crippen LogP contribution in [0.15, 0.2) is 35.8 Å². The fourth-order valence-corrected chi connectivity index (χ4v) is 2.86. The zero-order chi connectivity index (χ0) is 14.1. The summed E-state index contributed by atoms with van der Waals surface area (Å²) < 4.78 is 14.2. The zero-order valence-corrected chi connectivity index (χ0v) is 11.8. The third-order valence-electron chi connectivity index (χ3n) is 2.95. The van der Waals surface area contributed by atoms with Crippen molar-refractivity contribution < 1.29 is 9.50 Å². The molecule has 0 saturated heterocycles. The topological polar surface area (TPSA) is 45.1 Å². The van der Waals surface area contributed by atoms with Crippen LogP contribution in [0.2, 0.25) is 5.02 Å². The summed E-state index contributed by atoms with van der Waals surface area (Å²) in [7, 11) is 0. The number of rotatable bonds is 3. The number of phenols is 1. The molecule has 0 aliphatic rings. The van der Waals surface area contributed by atoms with Crippen molar-refractivity contribution in [1.82, 2.24) is 4.98 Å². The highest BCUT2D eigenvalue weighted by molar-refractivity contribution is 7.16. The molecule has 102 valence electrons. The van der Waals surface area contributed by atoms with Crippen LogP contribution in [-0.4, -0.2) is 10.1 Å². The predicted octanol–water partition coefficient (Wildman–Crippen LogP) is 4.41. The molecule has 0 aliphatic heterocycles. The molecule has 0 amide bonds. The van der Waals surface area contributed by atoms with Crippen molar-refractivity contribution in [3.63, 3.8) is 0 Å². The Morgan fingerprint density at radius 3 is 3.00 bits per heavy atom. The van der Waals surface area contributed by atoms with Gasteiger partial charge in [-0.05, 0) is 30.3 Å². The summed E-state index contributed by atoms with van der Waals surface area (Å²) in [6.07, 6.45) is 0. The minimum atomic E-state index is -0.391. The lowest BCUT2D eigenvalue weighted by Crippen LogP contribution is -2.01. The fraction of sp³-hybridized carbons (Fsp3) is 0.0714. The molecule has 0 spiro atoms. The van der Waals surface area contributed by atoms with Crippen molar-refractivity contribution in [2.45, 2.75) is 6.54 Å². The number of thiazole rings is 1. The van der Waals surface area contributed by atoms with Gasteiger partial charge in [0.2, 0.25) is 0 Å². The van der Waals surface area contributed by atoms with E-state index in [2.05, 4.69) is 10.3 Å². The molecule has 3 rings (SSSR count). The van der Waals surface area contributed by atoms with Gasteiger partial charge in [0.15, 0.2) is 0 Å². The molecule has 3 nitrogen and oxygen atoms in total. The maximum Gasteiger partial charge on any atom is 0.123 e. The van der Waals surface area contributed by atoms with E-state index in [9.17, 15) is 9.50 Å². The Labute approximate surface area is 123 Å². The van der Waals surface area contributed by atoms with E-state index in [1.54, 1.807) is 11.6 Å². The Bertz CT molecular complexity index is 775. The number of anilines is 1. The van der Waals surface area contributed by atoms with Gasteiger partial charge in [0.1, 0.15) is 17.1 Å². The van der Waals surface area contributed by atoms with Crippen molar-refractivity contribution in [1.29, 1.82) is 0 Å². The predicted molar refractivity (Wildman–Crippen MR) is 80.0 cm³/mol. The van der Waals surface area contributed by atoms with E-state index in [0.717, 1.165) is 10.2 Å². The van der Waals surface area contributed by atoms with Crippen LogP contribution < -0.4 is 5.32 Å². The number of aromatic nitrogens is 1. The van der Waals surface area contributed by atoms with Gasteiger partial charge in [-0.25, -0.2) is 9.37 Å². The Morgan fingerprint density at radius 1 is 1.30 bits per heavy atom. The molecule has 1 aromatic heterocycles. The monoisotopic (exact) mass is 308 g/mol. The first-order chi connectivity index (χ1) is 9.65. The molecular weight excluding hydrogens is 299 g/mol. The average molecular weight is 309 g/mol. The highest BCUT2D eigenvalue weighted by Gasteiger charge is 2.10. The molecule has 0 radical (unpaired) electrons. The summed E-state index contributed by atoms with van der Waals surface area (Å²) in [4.78, 5) is 4.27. The minimum absolute atomic E-state index is 0.0421. The number of phenolic OH excluding ortho intramolecular Hbond substituents is 1. The van der Waals surface area contributed by atoms with E-state index in [0.29, 0.717) is 16.3 Å². The highest BCUT2D eigenvalue weighted by Crippen LogP contribution is 2.33. The molecule has 0 saturated carbocycles. The molecule has 0 aliphatic carbocycles. The Kier molecular flexibility index (Phi) is 3.46. The number of hydrogen-bond donors (Lipinski definition) is 2. The number of halogens is 2. The lowest BCUT2D eigenvalue weighted by atomic mass is 10.2. The number of hydrogen-bond acceptors (Lipinski definition) is 4. The SMILES string of the molecule is Oc1ccc(F)cc1CNc1c(Cl)ccc2scnc12. The summed E-state index contributed by atoms with van der Waals surface area (Å²) in [5, 5.41) is 13.4. The van der Waals surface area contributed by atoms with E-state index in [4.69, 9.17) is 11.6 Å². The molecule has 0 fully saturated rings. The molecule has 20 heavy (non-hydrogen) atoms. The van der Waals surface area contributed by atoms with Gasteiger partial charge in [-0.2, -0.15) is 0 Å². The fourth-order valence-electron chi connectivity index (χ4n) is 1.95. The third kappa shape index (κ3) is 2.42. The van der Waals surface area contributed by atoms with Crippen LogP contribution >= 0.6 is 22.9 Å². The smallest absolute Gasteiger partial charge is 0.123 e. The molecule has 6 heteroatoms. The highest BCUT2D eigenvalue weighted by atomic mass is 35.5. The van der Waals surface area contributed by atoms with Crippen molar-refractivity contribution in [2.75, 3.05) is 5.32 Å². The summed E-state index contributed by atoms with van der Waals surface area (Å²) in [6.45, 7) is 0.264. The average Bonchev–Trinajstić information content (AvgIpc) is 2.90. The number of nitrogens with zero attached hydrogens (tertiary/aromatic N) is 1. The number of nitrogens with one attached hydrogen (secondary N) is 1. The molecule has 1 heterocycles. The van der Waals surface area contributed by atoms with Gasteiger partial charge in [-0.1, -0.05) is 11.6 Å². The van der Waals surface area contributed by atoms with Crippen LogP contribution in [0.1, 0.15) is 5.56 Å². The molecule has 0 bridgehead atoms. The van der Waals surface area contributed by atoms with E-state index in [1.807, 2.05) is 6.07 Å². The van der Waals surface area contributed by atoms with Crippen molar-refractivity contribution in [3.05, 3.63) is 52.2 Å². The van der Waals surface area contributed by atoms with E-state index >= 15 is 0 Å². The standard InChI is InChI=1S/C14H10ClFN2OS/c15-10-2-4-12-14(18-7-20-12)13(10)17-6-8-5-9(16)1-3-11(8)19/h1-5,7,17,19H,6H2. The minimum Gasteiger partial charge on any atom is -0.508 e. The van der Waals surface area contributed by atoms with E-state index in [-0.39, 0.29) is 12.3 Å². The second kappa shape index (κ2) is 5.26. The van der Waals surface area contributed by atoms with Crippen LogP contribution in [0.25, 0.3) is 10.2 Å². The number of benzene rings is 2. The van der Waals surface area contributed by atoms with Gasteiger partial charge in [0.05, 0.1) is 20.9 Å². The first-order valence-corrected chi connectivity index (χ1v) is 7.14. The maximum atomic E-state index is 13.2. The van der Waals surface area contributed by atoms with E-state index < -0.39 is 5.82 Å². The summed E-state index contributed by atoms with van der Waals surface area (Å²) in [5.74, 6) is -0.349. The molecule has 3 aromatic rings. The maximum absolute atomic E-state index is 13.2. The largest absolute Gasteiger partial charge is 0.508 e. The van der Waals surface area contributed by atoms with Gasteiger partial charge in [0, 0.05) is 12.1 Å². The third-order valence-corrected chi connectivity index (χ3v) is 4.06. The first-order valence-electron chi connectivity index (χ1n) is 5.88. The zero-order valence-electron chi connectivity index (χ0n) is 10.2. The van der Waals surface area contributed by atoms with Crippen LogP contribution in [0.5, 0.6) is 5.75 Å². The normalized spacial score (nSPS) is 10.9. The van der Waals surface area contributed by atoms with Crippen LogP contribution in [-0.2, 0) is 6.54 Å². The molecule has 0 unspecified atom stereocenters. The van der Waals surface area contributed by atoms with E-state index in [1.165, 1.54) is 29.5 Å².